The Balaban J connectivity index is 1.68. The van der Waals surface area contributed by atoms with Crippen LogP contribution < -0.4 is 0 Å². The highest BCUT2D eigenvalue weighted by molar-refractivity contribution is 5.95. The van der Waals surface area contributed by atoms with Crippen LogP contribution >= 0.6 is 0 Å². The van der Waals surface area contributed by atoms with E-state index in [4.69, 9.17) is 0 Å². The molecule has 2 heteroatoms. The van der Waals surface area contributed by atoms with Gasteiger partial charge in [0.1, 0.15) is 11.5 Å². The molecule has 0 aliphatic rings. The van der Waals surface area contributed by atoms with E-state index in [9.17, 15) is 10.2 Å². The minimum atomic E-state index is 0.314. The number of benzene rings is 2. The van der Waals surface area contributed by atoms with Gasteiger partial charge in [0, 0.05) is 16.3 Å². The average molecular weight is 455 g/mol. The molecule has 0 fully saturated rings. The van der Waals surface area contributed by atoms with Crippen molar-refractivity contribution < 1.29 is 10.2 Å². The van der Waals surface area contributed by atoms with Gasteiger partial charge in [0.05, 0.1) is 0 Å². The minimum absolute atomic E-state index is 0.314. The molecule has 0 unspecified atom stereocenters. The molecule has 0 saturated carbocycles. The predicted molar refractivity (Wildman–Crippen MR) is 144 cm³/mol. The Labute approximate surface area is 203 Å². The van der Waals surface area contributed by atoms with Gasteiger partial charge < -0.3 is 10.2 Å². The van der Waals surface area contributed by atoms with Crippen LogP contribution in [0.4, 0.5) is 0 Å². The summed E-state index contributed by atoms with van der Waals surface area (Å²) in [5.74, 6) is 3.84. The van der Waals surface area contributed by atoms with Gasteiger partial charge in [-0.1, -0.05) is 117 Å². The molecule has 0 spiro atoms. The van der Waals surface area contributed by atoms with Crippen molar-refractivity contribution in [1.82, 2.24) is 0 Å². The monoisotopic (exact) mass is 454 g/mol. The fourth-order valence-corrected chi connectivity index (χ4v) is 5.21. The van der Waals surface area contributed by atoms with Crippen LogP contribution in [0.25, 0.3) is 10.8 Å². The van der Waals surface area contributed by atoms with Gasteiger partial charge in [-0.05, 0) is 49.0 Å². The molecule has 2 nitrogen and oxygen atoms in total. The third kappa shape index (κ3) is 8.87. The Hall–Kier alpha value is -1.70. The van der Waals surface area contributed by atoms with Gasteiger partial charge in [0.25, 0.3) is 0 Å². The van der Waals surface area contributed by atoms with E-state index in [0.29, 0.717) is 17.4 Å². The van der Waals surface area contributed by atoms with Crippen LogP contribution in [0.1, 0.15) is 110 Å². The Morgan fingerprint density at radius 2 is 1.03 bits per heavy atom. The van der Waals surface area contributed by atoms with Crippen molar-refractivity contribution in [3.05, 3.63) is 35.4 Å². The molecule has 0 aliphatic carbocycles. The fourth-order valence-electron chi connectivity index (χ4n) is 5.21. The van der Waals surface area contributed by atoms with Crippen molar-refractivity contribution in [2.24, 2.45) is 23.7 Å². The van der Waals surface area contributed by atoms with Crippen molar-refractivity contribution in [3.63, 3.8) is 0 Å². The van der Waals surface area contributed by atoms with Gasteiger partial charge in [-0.15, -0.1) is 0 Å². The lowest BCUT2D eigenvalue weighted by Gasteiger charge is -2.18. The molecule has 2 N–H and O–H groups in total. The largest absolute Gasteiger partial charge is 0.507 e. The van der Waals surface area contributed by atoms with Crippen LogP contribution in [0.3, 0.4) is 0 Å². The summed E-state index contributed by atoms with van der Waals surface area (Å²) in [6.45, 7) is 13.8. The first-order valence-corrected chi connectivity index (χ1v) is 13.6. The second-order valence-electron chi connectivity index (χ2n) is 11.4. The summed E-state index contributed by atoms with van der Waals surface area (Å²) in [5, 5.41) is 22.9. The molecule has 0 amide bonds. The van der Waals surface area contributed by atoms with Gasteiger partial charge in [-0.25, -0.2) is 0 Å². The van der Waals surface area contributed by atoms with Gasteiger partial charge in [-0.2, -0.15) is 0 Å². The van der Waals surface area contributed by atoms with Crippen LogP contribution in [-0.4, -0.2) is 10.2 Å². The fraction of sp³-hybridized carbons (Fsp3) is 0.677. The van der Waals surface area contributed by atoms with Gasteiger partial charge in [0.15, 0.2) is 0 Å². The molecular weight excluding hydrogens is 404 g/mol. The first-order valence-electron chi connectivity index (χ1n) is 13.6. The van der Waals surface area contributed by atoms with Crippen molar-refractivity contribution in [3.8, 4) is 11.5 Å². The third-order valence-corrected chi connectivity index (χ3v) is 7.68. The SMILES string of the molecule is Cc1c(CC[C@H](C)CCC[C@H](C)CCC[C@H](C)CCCC(C)C)c(O)c2ccccc2c1O. The van der Waals surface area contributed by atoms with E-state index in [2.05, 4.69) is 34.6 Å². The lowest BCUT2D eigenvalue weighted by Crippen LogP contribution is -2.03. The summed E-state index contributed by atoms with van der Waals surface area (Å²) in [4.78, 5) is 0. The molecule has 186 valence electrons. The zero-order chi connectivity index (χ0) is 24.4. The van der Waals surface area contributed by atoms with Crippen molar-refractivity contribution in [2.75, 3.05) is 0 Å². The van der Waals surface area contributed by atoms with E-state index in [1.165, 1.54) is 57.8 Å². The van der Waals surface area contributed by atoms with Crippen LogP contribution in [-0.2, 0) is 6.42 Å². The Bertz CT molecular complexity index is 838. The van der Waals surface area contributed by atoms with Crippen molar-refractivity contribution >= 4 is 10.8 Å². The zero-order valence-electron chi connectivity index (χ0n) is 22.3. The predicted octanol–water partition coefficient (Wildman–Crippen LogP) is 9.57. The quantitative estimate of drug-likeness (QED) is 0.263. The lowest BCUT2D eigenvalue weighted by molar-refractivity contribution is 0.374. The Morgan fingerprint density at radius 3 is 1.52 bits per heavy atom. The zero-order valence-corrected chi connectivity index (χ0v) is 22.3. The van der Waals surface area contributed by atoms with Crippen LogP contribution in [0.5, 0.6) is 11.5 Å². The maximum absolute atomic E-state index is 10.8. The molecule has 3 atom stereocenters. The first-order chi connectivity index (χ1) is 15.7. The smallest absolute Gasteiger partial charge is 0.127 e. The molecule has 2 aromatic rings. The molecular formula is C31H50O2. The molecule has 2 aromatic carbocycles. The molecule has 33 heavy (non-hydrogen) atoms. The Morgan fingerprint density at radius 1 is 0.606 bits per heavy atom. The summed E-state index contributed by atoms with van der Waals surface area (Å²) in [7, 11) is 0. The van der Waals surface area contributed by atoms with Gasteiger partial charge in [-0.3, -0.25) is 0 Å². The van der Waals surface area contributed by atoms with E-state index in [0.717, 1.165) is 52.5 Å². The summed E-state index contributed by atoms with van der Waals surface area (Å²) in [6.07, 6.45) is 14.0. The average Bonchev–Trinajstić information content (AvgIpc) is 2.77. The Kier molecular flexibility index (Phi) is 11.6. The number of fused-ring (bicyclic) bond motifs is 1. The lowest BCUT2D eigenvalue weighted by atomic mass is 9.89. The number of phenols is 2. The van der Waals surface area contributed by atoms with E-state index in [-0.39, 0.29) is 0 Å². The molecule has 0 aliphatic heterocycles. The van der Waals surface area contributed by atoms with E-state index in [1.54, 1.807) is 0 Å². The van der Waals surface area contributed by atoms with E-state index in [1.807, 2.05) is 31.2 Å². The second-order valence-corrected chi connectivity index (χ2v) is 11.4. The molecule has 2 rings (SSSR count). The maximum Gasteiger partial charge on any atom is 0.127 e. The standard InChI is InChI=1S/C31H50O2/c1-22(2)12-9-13-23(3)14-10-15-24(4)16-11-17-25(5)20-21-27-26(6)30(32)28-18-7-8-19-29(28)31(27)33/h7-8,18-19,22-25,32-33H,9-17,20-21H2,1-6H3/t23-,24-,25-/m1/s1. The van der Waals surface area contributed by atoms with Gasteiger partial charge >= 0.3 is 0 Å². The van der Waals surface area contributed by atoms with Crippen LogP contribution in [0, 0.1) is 30.6 Å². The topological polar surface area (TPSA) is 40.5 Å². The molecule has 0 heterocycles. The van der Waals surface area contributed by atoms with Crippen LogP contribution in [0.2, 0.25) is 0 Å². The van der Waals surface area contributed by atoms with E-state index >= 15 is 0 Å². The van der Waals surface area contributed by atoms with Crippen molar-refractivity contribution in [1.29, 1.82) is 0 Å². The third-order valence-electron chi connectivity index (χ3n) is 7.68. The first kappa shape index (κ1) is 27.5. The van der Waals surface area contributed by atoms with Gasteiger partial charge in [0.2, 0.25) is 0 Å². The second kappa shape index (κ2) is 13.9. The number of aromatic hydroxyl groups is 2. The van der Waals surface area contributed by atoms with Crippen LogP contribution in [0.15, 0.2) is 24.3 Å². The number of hydrogen-bond acceptors (Lipinski definition) is 2. The molecule has 0 bridgehead atoms. The highest BCUT2D eigenvalue weighted by Crippen LogP contribution is 2.40. The number of rotatable bonds is 15. The molecule has 0 saturated heterocycles. The molecule has 0 aromatic heterocycles. The van der Waals surface area contributed by atoms with Crippen molar-refractivity contribution in [2.45, 2.75) is 112 Å². The summed E-state index contributed by atoms with van der Waals surface area (Å²) < 4.78 is 0. The highest BCUT2D eigenvalue weighted by Gasteiger charge is 2.16. The minimum Gasteiger partial charge on any atom is -0.507 e. The maximum atomic E-state index is 10.8. The highest BCUT2D eigenvalue weighted by atomic mass is 16.3. The van der Waals surface area contributed by atoms with E-state index < -0.39 is 0 Å². The molecule has 0 radical (unpaired) electrons. The summed E-state index contributed by atoms with van der Waals surface area (Å²) in [6, 6.07) is 7.58. The normalized spacial score (nSPS) is 14.6. The summed E-state index contributed by atoms with van der Waals surface area (Å²) in [5.41, 5.74) is 1.74. The summed E-state index contributed by atoms with van der Waals surface area (Å²) >= 11 is 0. The number of phenolic OH excluding ortho intramolecular Hbond substituents is 2. The number of hydrogen-bond donors (Lipinski definition) is 2.